The van der Waals surface area contributed by atoms with E-state index < -0.39 is 23.7 Å². The lowest BCUT2D eigenvalue weighted by atomic mass is 10.0. The molecular weight excluding hydrogens is 310 g/mol. The molecule has 0 aliphatic carbocycles. The Labute approximate surface area is 134 Å². The van der Waals surface area contributed by atoms with Gasteiger partial charge in [-0.3, -0.25) is 4.79 Å². The van der Waals surface area contributed by atoms with Crippen LogP contribution >= 0.6 is 11.6 Å². The van der Waals surface area contributed by atoms with E-state index in [1.807, 2.05) is 0 Å². The zero-order valence-corrected chi connectivity index (χ0v) is 13.7. The van der Waals surface area contributed by atoms with Crippen molar-refractivity contribution in [1.82, 2.24) is 5.32 Å². The fourth-order valence-electron chi connectivity index (χ4n) is 1.88. The number of amides is 1. The smallest absolute Gasteiger partial charge is 0.408 e. The number of halogens is 1. The molecule has 2 N–H and O–H groups in total. The highest BCUT2D eigenvalue weighted by atomic mass is 35.5. The molecule has 0 aromatic heterocycles. The van der Waals surface area contributed by atoms with Crippen LogP contribution in [0.2, 0.25) is 5.02 Å². The molecule has 122 valence electrons. The van der Waals surface area contributed by atoms with Crippen LogP contribution in [0, 0.1) is 0 Å². The monoisotopic (exact) mass is 329 g/mol. The first-order valence-corrected chi connectivity index (χ1v) is 7.05. The molecule has 0 fully saturated rings. The number of ether oxygens (including phenoxy) is 2. The fourth-order valence-corrected chi connectivity index (χ4v) is 2.14. The molecule has 7 heteroatoms. The standard InChI is InChI=1S/C15H20ClNO5/c1-15(2,3)22-14(20)17-11(8-12(18)19)9-6-5-7-10(16)13(9)21-4/h5-7,11H,8H2,1-4H3,(H,17,20)(H,18,19)/t11-/m0/s1. The van der Waals surface area contributed by atoms with E-state index in [4.69, 9.17) is 26.2 Å². The van der Waals surface area contributed by atoms with Gasteiger partial charge in [0.2, 0.25) is 0 Å². The number of carbonyl (C=O) groups excluding carboxylic acids is 1. The first-order chi connectivity index (χ1) is 10.1. The summed E-state index contributed by atoms with van der Waals surface area (Å²) >= 11 is 6.04. The van der Waals surface area contributed by atoms with Crippen molar-refractivity contribution in [3.63, 3.8) is 0 Å². The molecule has 1 rings (SSSR count). The SMILES string of the molecule is COc1c(Cl)cccc1[C@H](CC(=O)O)NC(=O)OC(C)(C)C. The third-order valence-electron chi connectivity index (χ3n) is 2.65. The highest BCUT2D eigenvalue weighted by Crippen LogP contribution is 2.34. The average molecular weight is 330 g/mol. The molecule has 0 aliphatic rings. The van der Waals surface area contributed by atoms with Crippen molar-refractivity contribution >= 4 is 23.7 Å². The minimum Gasteiger partial charge on any atom is -0.495 e. The van der Waals surface area contributed by atoms with E-state index >= 15 is 0 Å². The van der Waals surface area contributed by atoms with Gasteiger partial charge in [-0.1, -0.05) is 23.7 Å². The number of carboxylic acids is 1. The Morgan fingerprint density at radius 3 is 2.50 bits per heavy atom. The molecule has 1 aromatic carbocycles. The number of hydrogen-bond donors (Lipinski definition) is 2. The summed E-state index contributed by atoms with van der Waals surface area (Å²) in [6.45, 7) is 5.16. The Kier molecular flexibility index (Phi) is 6.05. The van der Waals surface area contributed by atoms with Crippen LogP contribution in [-0.2, 0) is 9.53 Å². The quantitative estimate of drug-likeness (QED) is 0.865. The molecule has 1 amide bonds. The number of nitrogens with one attached hydrogen (secondary N) is 1. The summed E-state index contributed by atoms with van der Waals surface area (Å²) in [7, 11) is 1.43. The molecule has 0 unspecified atom stereocenters. The maximum atomic E-state index is 11.9. The summed E-state index contributed by atoms with van der Waals surface area (Å²) in [6.07, 6.45) is -1.03. The second-order valence-electron chi connectivity index (χ2n) is 5.66. The largest absolute Gasteiger partial charge is 0.495 e. The van der Waals surface area contributed by atoms with Crippen molar-refractivity contribution in [3.05, 3.63) is 28.8 Å². The Bertz CT molecular complexity index is 553. The zero-order chi connectivity index (χ0) is 16.9. The number of rotatable bonds is 5. The lowest BCUT2D eigenvalue weighted by Crippen LogP contribution is -2.36. The van der Waals surface area contributed by atoms with Gasteiger partial charge in [0.25, 0.3) is 0 Å². The van der Waals surface area contributed by atoms with E-state index in [1.165, 1.54) is 7.11 Å². The maximum Gasteiger partial charge on any atom is 0.408 e. The van der Waals surface area contributed by atoms with E-state index in [2.05, 4.69) is 5.32 Å². The van der Waals surface area contributed by atoms with Crippen LogP contribution in [0.15, 0.2) is 18.2 Å². The topological polar surface area (TPSA) is 84.9 Å². The van der Waals surface area contributed by atoms with Gasteiger partial charge in [0.05, 0.1) is 24.6 Å². The van der Waals surface area contributed by atoms with Crippen molar-refractivity contribution in [2.45, 2.75) is 38.8 Å². The van der Waals surface area contributed by atoms with Crippen LogP contribution in [-0.4, -0.2) is 29.9 Å². The normalized spacial score (nSPS) is 12.4. The number of alkyl carbamates (subject to hydrolysis) is 1. The van der Waals surface area contributed by atoms with Gasteiger partial charge in [0.1, 0.15) is 11.4 Å². The van der Waals surface area contributed by atoms with Crippen molar-refractivity contribution in [3.8, 4) is 5.75 Å². The predicted octanol–water partition coefficient (Wildman–Crippen LogP) is 3.39. The molecule has 0 saturated heterocycles. The van der Waals surface area contributed by atoms with E-state index in [0.29, 0.717) is 16.3 Å². The van der Waals surface area contributed by atoms with Crippen LogP contribution in [0.4, 0.5) is 4.79 Å². The maximum absolute atomic E-state index is 11.9. The number of benzene rings is 1. The minimum atomic E-state index is -1.07. The Hall–Kier alpha value is -1.95. The molecule has 0 spiro atoms. The number of aliphatic carboxylic acids is 1. The van der Waals surface area contributed by atoms with E-state index in [0.717, 1.165) is 0 Å². The number of methoxy groups -OCH3 is 1. The molecule has 0 aliphatic heterocycles. The van der Waals surface area contributed by atoms with E-state index in [9.17, 15) is 9.59 Å². The van der Waals surface area contributed by atoms with Crippen molar-refractivity contribution in [2.75, 3.05) is 7.11 Å². The van der Waals surface area contributed by atoms with Gasteiger partial charge in [-0.15, -0.1) is 0 Å². The first-order valence-electron chi connectivity index (χ1n) is 6.67. The van der Waals surface area contributed by atoms with Gasteiger partial charge >= 0.3 is 12.1 Å². The van der Waals surface area contributed by atoms with E-state index in [-0.39, 0.29) is 6.42 Å². The molecule has 6 nitrogen and oxygen atoms in total. The minimum absolute atomic E-state index is 0.323. The number of hydrogen-bond acceptors (Lipinski definition) is 4. The van der Waals surface area contributed by atoms with Crippen molar-refractivity contribution in [2.24, 2.45) is 0 Å². The van der Waals surface area contributed by atoms with Crippen LogP contribution in [0.5, 0.6) is 5.75 Å². The summed E-state index contributed by atoms with van der Waals surface area (Å²) in [4.78, 5) is 23.0. The molecule has 22 heavy (non-hydrogen) atoms. The van der Waals surface area contributed by atoms with Gasteiger partial charge in [0.15, 0.2) is 0 Å². The molecule has 0 bridgehead atoms. The van der Waals surface area contributed by atoms with Gasteiger partial charge in [0, 0.05) is 5.56 Å². The third kappa shape index (κ3) is 5.44. The zero-order valence-electron chi connectivity index (χ0n) is 13.0. The summed E-state index contributed by atoms with van der Waals surface area (Å²) in [5, 5.41) is 11.9. The Balaban J connectivity index is 3.06. The fraction of sp³-hybridized carbons (Fsp3) is 0.467. The molecule has 1 aromatic rings. The summed E-state index contributed by atoms with van der Waals surface area (Å²) in [5.41, 5.74) is -0.209. The second-order valence-corrected chi connectivity index (χ2v) is 6.07. The summed E-state index contributed by atoms with van der Waals surface area (Å²) < 4.78 is 10.4. The predicted molar refractivity (Wildman–Crippen MR) is 82.4 cm³/mol. The molecular formula is C15H20ClNO5. The second kappa shape index (κ2) is 7.35. The lowest BCUT2D eigenvalue weighted by molar-refractivity contribution is -0.137. The highest BCUT2D eigenvalue weighted by Gasteiger charge is 2.25. The summed E-state index contributed by atoms with van der Waals surface area (Å²) in [6, 6.07) is 4.11. The van der Waals surface area contributed by atoms with Crippen LogP contribution < -0.4 is 10.1 Å². The molecule has 1 atom stereocenters. The van der Waals surface area contributed by atoms with Crippen LogP contribution in [0.1, 0.15) is 38.8 Å². The third-order valence-corrected chi connectivity index (χ3v) is 2.94. The Morgan fingerprint density at radius 2 is 2.00 bits per heavy atom. The van der Waals surface area contributed by atoms with Gasteiger partial charge in [-0.25, -0.2) is 4.79 Å². The van der Waals surface area contributed by atoms with Gasteiger partial charge in [-0.05, 0) is 26.8 Å². The number of para-hydroxylation sites is 1. The number of carboxylic acid groups (broad SMARTS) is 1. The first kappa shape index (κ1) is 18.1. The summed E-state index contributed by atoms with van der Waals surface area (Å²) in [5.74, 6) is -0.741. The van der Waals surface area contributed by atoms with E-state index in [1.54, 1.807) is 39.0 Å². The molecule has 0 heterocycles. The Morgan fingerprint density at radius 1 is 1.36 bits per heavy atom. The molecule has 0 radical (unpaired) electrons. The molecule has 0 saturated carbocycles. The van der Waals surface area contributed by atoms with Crippen molar-refractivity contribution in [1.29, 1.82) is 0 Å². The van der Waals surface area contributed by atoms with Gasteiger partial charge < -0.3 is 19.9 Å². The number of carbonyl (C=O) groups is 2. The average Bonchev–Trinajstić information content (AvgIpc) is 2.34. The van der Waals surface area contributed by atoms with Gasteiger partial charge in [-0.2, -0.15) is 0 Å². The van der Waals surface area contributed by atoms with Crippen LogP contribution in [0.25, 0.3) is 0 Å². The lowest BCUT2D eigenvalue weighted by Gasteiger charge is -2.24. The highest BCUT2D eigenvalue weighted by molar-refractivity contribution is 6.32. The van der Waals surface area contributed by atoms with Crippen LogP contribution in [0.3, 0.4) is 0 Å². The van der Waals surface area contributed by atoms with Crippen molar-refractivity contribution < 1.29 is 24.2 Å².